The number of carbonyl (C=O) groups is 1. The Kier molecular flexibility index (Phi) is 5.62. The quantitative estimate of drug-likeness (QED) is 0.385. The van der Waals surface area contributed by atoms with Crippen LogP contribution in [0, 0.1) is 11.3 Å². The number of nitrogens with zero attached hydrogens (tertiary/aromatic N) is 4. The van der Waals surface area contributed by atoms with Gasteiger partial charge < -0.3 is 9.88 Å². The summed E-state index contributed by atoms with van der Waals surface area (Å²) in [6.07, 6.45) is 4.80. The second-order valence-corrected chi connectivity index (χ2v) is 9.18. The van der Waals surface area contributed by atoms with Crippen LogP contribution in [-0.2, 0) is 24.2 Å². The molecule has 7 nitrogen and oxygen atoms in total. The normalized spacial score (nSPS) is 12.3. The minimum absolute atomic E-state index is 0.000256. The maximum Gasteiger partial charge on any atom is 0.245 e. The number of amides is 1. The summed E-state index contributed by atoms with van der Waals surface area (Å²) >= 11 is 0. The zero-order chi connectivity index (χ0) is 25.4. The number of nitrogens with one attached hydrogen (secondary N) is 1. The fourth-order valence-electron chi connectivity index (χ4n) is 5.00. The first-order valence-electron chi connectivity index (χ1n) is 12.2. The molecule has 0 spiro atoms. The number of benzene rings is 3. The van der Waals surface area contributed by atoms with Crippen molar-refractivity contribution in [2.24, 2.45) is 0 Å². The third-order valence-corrected chi connectivity index (χ3v) is 6.79. The average molecular weight is 486 g/mol. The molecule has 5 aromatic rings. The van der Waals surface area contributed by atoms with E-state index in [1.54, 1.807) is 33.5 Å². The summed E-state index contributed by atoms with van der Waals surface area (Å²) in [6, 6.07) is 26.9. The largest absolute Gasteiger partial charge is 0.336 e. The van der Waals surface area contributed by atoms with Gasteiger partial charge in [-0.25, -0.2) is 4.68 Å². The summed E-state index contributed by atoms with van der Waals surface area (Å²) in [6.45, 7) is -0.0659. The van der Waals surface area contributed by atoms with Crippen molar-refractivity contribution in [3.63, 3.8) is 0 Å². The number of para-hydroxylation sites is 2. The number of aromatic nitrogens is 3. The topological polar surface area (TPSA) is 92.7 Å². The Hall–Kier alpha value is -4.96. The molecule has 0 radical (unpaired) electrons. The third-order valence-electron chi connectivity index (χ3n) is 6.79. The maximum atomic E-state index is 13.3. The number of nitriles is 1. The Morgan fingerprint density at radius 3 is 2.59 bits per heavy atom. The Labute approximate surface area is 213 Å². The second kappa shape index (κ2) is 9.25. The molecular weight excluding hydrogens is 462 g/mol. The molecule has 2 heterocycles. The number of aryl methyl sites for hydroxylation is 2. The lowest BCUT2D eigenvalue weighted by molar-refractivity contribution is -0.116. The molecule has 3 aromatic carbocycles. The second-order valence-electron chi connectivity index (χ2n) is 9.18. The summed E-state index contributed by atoms with van der Waals surface area (Å²) in [7, 11) is 0. The molecule has 0 atom stereocenters. The van der Waals surface area contributed by atoms with Gasteiger partial charge in [0.25, 0.3) is 0 Å². The van der Waals surface area contributed by atoms with Crippen LogP contribution in [0.2, 0.25) is 0 Å². The monoisotopic (exact) mass is 485 g/mol. The Balaban J connectivity index is 1.36. The molecule has 1 aliphatic carbocycles. The number of pyridine rings is 1. The SMILES string of the molecule is N#Cc1cn(CC(=O)Nc2cc(-c3ccc4c(c3)CCC4)nn2-c2ccccc2)c2ccccc2c1=O. The van der Waals surface area contributed by atoms with Crippen molar-refractivity contribution >= 4 is 22.6 Å². The Morgan fingerprint density at radius 2 is 1.76 bits per heavy atom. The summed E-state index contributed by atoms with van der Waals surface area (Å²) < 4.78 is 3.36. The summed E-state index contributed by atoms with van der Waals surface area (Å²) in [5.74, 6) is 0.243. The maximum absolute atomic E-state index is 13.3. The highest BCUT2D eigenvalue weighted by Crippen LogP contribution is 2.30. The molecule has 0 fully saturated rings. The van der Waals surface area contributed by atoms with Crippen molar-refractivity contribution in [1.29, 1.82) is 5.26 Å². The predicted molar refractivity (Wildman–Crippen MR) is 143 cm³/mol. The molecule has 0 saturated heterocycles. The number of rotatable bonds is 5. The van der Waals surface area contributed by atoms with Gasteiger partial charge in [-0.3, -0.25) is 9.59 Å². The number of fused-ring (bicyclic) bond motifs is 2. The zero-order valence-electron chi connectivity index (χ0n) is 20.0. The Bertz CT molecular complexity index is 1760. The fraction of sp³-hybridized carbons (Fsp3) is 0.133. The van der Waals surface area contributed by atoms with Crippen molar-refractivity contribution in [2.75, 3.05) is 5.32 Å². The van der Waals surface area contributed by atoms with Crippen molar-refractivity contribution < 1.29 is 4.79 Å². The molecule has 0 saturated carbocycles. The summed E-state index contributed by atoms with van der Waals surface area (Å²) in [5.41, 5.74) is 5.62. The van der Waals surface area contributed by atoms with Crippen molar-refractivity contribution in [3.8, 4) is 23.0 Å². The average Bonchev–Trinajstić information content (AvgIpc) is 3.57. The van der Waals surface area contributed by atoms with Gasteiger partial charge in [0.1, 0.15) is 24.0 Å². The lowest BCUT2D eigenvalue weighted by Gasteiger charge is -2.13. The van der Waals surface area contributed by atoms with Crippen LogP contribution < -0.4 is 10.7 Å². The standard InChI is InChI=1S/C30H23N5O2/c31-17-23-18-34(27-12-5-4-11-25(27)30(23)37)19-29(36)32-28-16-26(33-35(28)24-9-2-1-3-10-24)22-14-13-20-7-6-8-21(20)15-22/h1-5,9-16,18H,6-8,19H2,(H,32,36). The number of hydrogen-bond acceptors (Lipinski definition) is 4. The number of hydrogen-bond donors (Lipinski definition) is 1. The highest BCUT2D eigenvalue weighted by molar-refractivity contribution is 5.92. The molecule has 1 aliphatic rings. The fourth-order valence-corrected chi connectivity index (χ4v) is 5.00. The van der Waals surface area contributed by atoms with E-state index in [4.69, 9.17) is 5.10 Å². The van der Waals surface area contributed by atoms with E-state index in [1.165, 1.54) is 23.7 Å². The molecule has 0 unspecified atom stereocenters. The molecule has 2 aromatic heterocycles. The Morgan fingerprint density at radius 1 is 0.973 bits per heavy atom. The molecule has 6 rings (SSSR count). The first-order chi connectivity index (χ1) is 18.1. The van der Waals surface area contributed by atoms with E-state index in [2.05, 4.69) is 23.5 Å². The molecule has 7 heteroatoms. The summed E-state index contributed by atoms with van der Waals surface area (Å²) in [4.78, 5) is 25.8. The van der Waals surface area contributed by atoms with Gasteiger partial charge >= 0.3 is 0 Å². The van der Waals surface area contributed by atoms with E-state index in [0.717, 1.165) is 29.8 Å². The third kappa shape index (κ3) is 4.19. The van der Waals surface area contributed by atoms with Crippen molar-refractivity contribution in [2.45, 2.75) is 25.8 Å². The van der Waals surface area contributed by atoms with E-state index in [9.17, 15) is 14.9 Å². The number of anilines is 1. The first kappa shape index (κ1) is 22.5. The van der Waals surface area contributed by atoms with E-state index in [-0.39, 0.29) is 23.4 Å². The lowest BCUT2D eigenvalue weighted by atomic mass is 10.0. The van der Waals surface area contributed by atoms with Crippen LogP contribution in [0.4, 0.5) is 5.82 Å². The predicted octanol–water partition coefficient (Wildman–Crippen LogP) is 4.85. The molecule has 37 heavy (non-hydrogen) atoms. The van der Waals surface area contributed by atoms with Gasteiger partial charge in [0.15, 0.2) is 0 Å². The van der Waals surface area contributed by atoms with Gasteiger partial charge in [-0.2, -0.15) is 10.4 Å². The molecule has 0 bridgehead atoms. The van der Waals surface area contributed by atoms with E-state index < -0.39 is 0 Å². The molecule has 180 valence electrons. The highest BCUT2D eigenvalue weighted by Gasteiger charge is 2.18. The van der Waals surface area contributed by atoms with E-state index in [1.807, 2.05) is 42.5 Å². The first-order valence-corrected chi connectivity index (χ1v) is 12.2. The molecule has 1 amide bonds. The van der Waals surface area contributed by atoms with Crippen LogP contribution in [0.15, 0.2) is 89.9 Å². The zero-order valence-corrected chi connectivity index (χ0v) is 20.0. The minimum Gasteiger partial charge on any atom is -0.336 e. The van der Waals surface area contributed by atoms with Crippen LogP contribution >= 0.6 is 0 Å². The van der Waals surface area contributed by atoms with Crippen LogP contribution in [0.5, 0.6) is 0 Å². The van der Waals surface area contributed by atoms with E-state index in [0.29, 0.717) is 16.7 Å². The molecule has 0 aliphatic heterocycles. The van der Waals surface area contributed by atoms with Crippen LogP contribution in [0.1, 0.15) is 23.1 Å². The van der Waals surface area contributed by atoms with Crippen LogP contribution in [-0.4, -0.2) is 20.3 Å². The van der Waals surface area contributed by atoms with Crippen molar-refractivity contribution in [1.82, 2.24) is 14.3 Å². The lowest BCUT2D eigenvalue weighted by Crippen LogP contribution is -2.22. The van der Waals surface area contributed by atoms with Crippen LogP contribution in [0.3, 0.4) is 0 Å². The number of carbonyl (C=O) groups excluding carboxylic acids is 1. The smallest absolute Gasteiger partial charge is 0.245 e. The molecular formula is C30H23N5O2. The van der Waals surface area contributed by atoms with Gasteiger partial charge in [0, 0.05) is 23.2 Å². The molecule has 1 N–H and O–H groups in total. The highest BCUT2D eigenvalue weighted by atomic mass is 16.2. The van der Waals surface area contributed by atoms with Gasteiger partial charge in [0.2, 0.25) is 11.3 Å². The van der Waals surface area contributed by atoms with E-state index >= 15 is 0 Å². The minimum atomic E-state index is -0.337. The van der Waals surface area contributed by atoms with Gasteiger partial charge in [-0.05, 0) is 60.7 Å². The van der Waals surface area contributed by atoms with Crippen molar-refractivity contribution in [3.05, 3.63) is 112 Å². The van der Waals surface area contributed by atoms with Gasteiger partial charge in [0.05, 0.1) is 16.9 Å². The van der Waals surface area contributed by atoms with Gasteiger partial charge in [-0.1, -0.05) is 42.5 Å². The van der Waals surface area contributed by atoms with Gasteiger partial charge in [-0.15, -0.1) is 0 Å². The summed E-state index contributed by atoms with van der Waals surface area (Å²) in [5, 5.41) is 17.7. The van der Waals surface area contributed by atoms with Crippen LogP contribution in [0.25, 0.3) is 27.8 Å².